The van der Waals surface area contributed by atoms with Gasteiger partial charge in [0.05, 0.1) is 6.10 Å². The van der Waals surface area contributed by atoms with Crippen molar-refractivity contribution in [1.29, 1.82) is 0 Å². The highest BCUT2D eigenvalue weighted by Gasteiger charge is 2.43. The van der Waals surface area contributed by atoms with Gasteiger partial charge in [0.15, 0.2) is 0 Å². The fraction of sp³-hybridized carbons (Fsp3) is 0.478. The first kappa shape index (κ1) is 17.6. The molecule has 3 atom stereocenters. The van der Waals surface area contributed by atoms with Crippen LogP contribution in [-0.4, -0.2) is 30.4 Å². The number of aryl methyl sites for hydroxylation is 1. The highest BCUT2D eigenvalue weighted by molar-refractivity contribution is 5.41. The van der Waals surface area contributed by atoms with Crippen LogP contribution in [0.2, 0.25) is 0 Å². The van der Waals surface area contributed by atoms with Gasteiger partial charge >= 0.3 is 0 Å². The Labute approximate surface area is 156 Å². The van der Waals surface area contributed by atoms with Crippen LogP contribution in [0.4, 0.5) is 0 Å². The highest BCUT2D eigenvalue weighted by Crippen LogP contribution is 2.43. The Morgan fingerprint density at radius 2 is 1.85 bits per heavy atom. The van der Waals surface area contributed by atoms with Crippen LogP contribution in [0.25, 0.3) is 0 Å². The molecule has 1 fully saturated rings. The molecule has 26 heavy (non-hydrogen) atoms. The molecule has 0 aromatic heterocycles. The van der Waals surface area contributed by atoms with Crippen LogP contribution < -0.4 is 10.1 Å². The molecular formula is C23H29NO2. The second-order valence-corrected chi connectivity index (χ2v) is 8.31. The summed E-state index contributed by atoms with van der Waals surface area (Å²) < 4.78 is 6.43. The number of hydrogen-bond acceptors (Lipinski definition) is 3. The molecule has 0 bridgehead atoms. The van der Waals surface area contributed by atoms with Crippen molar-refractivity contribution in [2.24, 2.45) is 5.41 Å². The fourth-order valence-electron chi connectivity index (χ4n) is 4.52. The van der Waals surface area contributed by atoms with E-state index in [4.69, 9.17) is 4.74 Å². The third-order valence-electron chi connectivity index (χ3n) is 6.53. The zero-order chi connectivity index (χ0) is 18.3. The number of nitrogens with one attached hydrogen (secondary N) is 1. The van der Waals surface area contributed by atoms with Crippen molar-refractivity contribution in [2.45, 2.75) is 51.7 Å². The third kappa shape index (κ3) is 3.04. The van der Waals surface area contributed by atoms with Crippen molar-refractivity contribution in [2.75, 3.05) is 13.1 Å². The molecular weight excluding hydrogens is 322 g/mol. The van der Waals surface area contributed by atoms with Crippen molar-refractivity contribution in [3.05, 3.63) is 64.7 Å². The third-order valence-corrected chi connectivity index (χ3v) is 6.53. The zero-order valence-electron chi connectivity index (χ0n) is 16.0. The minimum Gasteiger partial charge on any atom is -0.489 e. The summed E-state index contributed by atoms with van der Waals surface area (Å²) >= 11 is 0. The zero-order valence-corrected chi connectivity index (χ0v) is 16.0. The molecule has 2 N–H and O–H groups in total. The van der Waals surface area contributed by atoms with E-state index in [0.29, 0.717) is 5.92 Å². The summed E-state index contributed by atoms with van der Waals surface area (Å²) in [6.07, 6.45) is 1.83. The lowest BCUT2D eigenvalue weighted by molar-refractivity contribution is 0.0548. The van der Waals surface area contributed by atoms with E-state index >= 15 is 0 Å². The number of benzene rings is 2. The lowest BCUT2D eigenvalue weighted by atomic mass is 9.72. The van der Waals surface area contributed by atoms with E-state index in [-0.39, 0.29) is 17.6 Å². The van der Waals surface area contributed by atoms with Crippen molar-refractivity contribution in [1.82, 2.24) is 5.32 Å². The van der Waals surface area contributed by atoms with E-state index in [2.05, 4.69) is 61.6 Å². The van der Waals surface area contributed by atoms with Crippen molar-refractivity contribution < 1.29 is 9.84 Å². The van der Waals surface area contributed by atoms with Crippen LogP contribution in [-0.2, 0) is 12.8 Å². The van der Waals surface area contributed by atoms with Crippen LogP contribution in [0.5, 0.6) is 5.75 Å². The monoisotopic (exact) mass is 351 g/mol. The number of aliphatic hydroxyl groups excluding tert-OH is 1. The number of fused-ring (bicyclic) bond motifs is 1. The summed E-state index contributed by atoms with van der Waals surface area (Å²) in [5, 5.41) is 13.8. The summed E-state index contributed by atoms with van der Waals surface area (Å²) in [7, 11) is 0. The van der Waals surface area contributed by atoms with Gasteiger partial charge in [0.25, 0.3) is 0 Å². The fourth-order valence-corrected chi connectivity index (χ4v) is 4.52. The predicted octanol–water partition coefficient (Wildman–Crippen LogP) is 3.62. The maximum Gasteiger partial charge on any atom is 0.122 e. The van der Waals surface area contributed by atoms with Crippen LogP contribution in [0.1, 0.15) is 42.0 Å². The first-order chi connectivity index (χ1) is 12.5. The van der Waals surface area contributed by atoms with E-state index < -0.39 is 0 Å². The lowest BCUT2D eigenvalue weighted by Crippen LogP contribution is -2.36. The molecule has 1 aliphatic carbocycles. The van der Waals surface area contributed by atoms with Crippen molar-refractivity contribution in [3.8, 4) is 5.75 Å². The van der Waals surface area contributed by atoms with Crippen LogP contribution >= 0.6 is 0 Å². The maximum atomic E-state index is 10.3. The Morgan fingerprint density at radius 1 is 1.15 bits per heavy atom. The number of rotatable bonds is 4. The lowest BCUT2D eigenvalue weighted by Gasteiger charge is -2.34. The molecule has 0 spiro atoms. The van der Waals surface area contributed by atoms with Gasteiger partial charge in [-0.15, -0.1) is 0 Å². The Kier molecular flexibility index (Phi) is 4.54. The van der Waals surface area contributed by atoms with Gasteiger partial charge in [-0.1, -0.05) is 43.3 Å². The summed E-state index contributed by atoms with van der Waals surface area (Å²) in [4.78, 5) is 0. The standard InChI is InChI=1S/C23H29NO2/c1-15-8-9-19(21-13-24-14-23(21,3)16(2)25)12-22(15)26-20-10-17-6-4-5-7-18(17)11-20/h4-9,12,16,20-21,24-25H,10-11,13-14H2,1-3H3/t16-,21+,23+/m1/s1. The van der Waals surface area contributed by atoms with Crippen molar-refractivity contribution in [3.63, 3.8) is 0 Å². The molecule has 138 valence electrons. The van der Waals surface area contributed by atoms with Gasteiger partial charge < -0.3 is 15.2 Å². The molecule has 3 heteroatoms. The molecule has 0 saturated carbocycles. The van der Waals surface area contributed by atoms with E-state index in [1.807, 2.05) is 6.92 Å². The first-order valence-electron chi connectivity index (χ1n) is 9.70. The molecule has 2 aromatic rings. The molecule has 1 saturated heterocycles. The predicted molar refractivity (Wildman–Crippen MR) is 105 cm³/mol. The van der Waals surface area contributed by atoms with Crippen molar-refractivity contribution >= 4 is 0 Å². The van der Waals surface area contributed by atoms with Gasteiger partial charge in [-0.3, -0.25) is 0 Å². The highest BCUT2D eigenvalue weighted by atomic mass is 16.5. The SMILES string of the molecule is Cc1ccc([C@@H]2CNC[C@@]2(C)[C@@H](C)O)cc1OC1Cc2ccccc2C1. The van der Waals surface area contributed by atoms with E-state index in [1.54, 1.807) is 0 Å². The Hall–Kier alpha value is -1.84. The van der Waals surface area contributed by atoms with Crippen LogP contribution in [0, 0.1) is 12.3 Å². The summed E-state index contributed by atoms with van der Waals surface area (Å²) in [6, 6.07) is 15.2. The second kappa shape index (κ2) is 6.71. The molecule has 4 rings (SSSR count). The summed E-state index contributed by atoms with van der Waals surface area (Å²) in [5.41, 5.74) is 5.11. The summed E-state index contributed by atoms with van der Waals surface area (Å²) in [6.45, 7) is 7.94. The molecule has 2 aromatic carbocycles. The average Bonchev–Trinajstić information content (AvgIpc) is 3.20. The smallest absolute Gasteiger partial charge is 0.122 e. The van der Waals surface area contributed by atoms with Gasteiger partial charge in [-0.2, -0.15) is 0 Å². The van der Waals surface area contributed by atoms with E-state index in [1.165, 1.54) is 22.3 Å². The molecule has 1 aliphatic heterocycles. The normalized spacial score (nSPS) is 26.7. The molecule has 0 amide bonds. The Morgan fingerprint density at radius 3 is 2.50 bits per heavy atom. The van der Waals surface area contributed by atoms with Crippen LogP contribution in [0.15, 0.2) is 42.5 Å². The average molecular weight is 351 g/mol. The molecule has 0 radical (unpaired) electrons. The molecule has 0 unspecified atom stereocenters. The quantitative estimate of drug-likeness (QED) is 0.884. The number of ether oxygens (including phenoxy) is 1. The minimum absolute atomic E-state index is 0.143. The number of aliphatic hydroxyl groups is 1. The van der Waals surface area contributed by atoms with Gasteiger partial charge in [-0.25, -0.2) is 0 Å². The van der Waals surface area contributed by atoms with Gasteiger partial charge in [0, 0.05) is 37.3 Å². The Bertz CT molecular complexity index is 776. The molecule has 2 aliphatic rings. The second-order valence-electron chi connectivity index (χ2n) is 8.31. The van der Waals surface area contributed by atoms with E-state index in [9.17, 15) is 5.11 Å². The van der Waals surface area contributed by atoms with Gasteiger partial charge in [0.2, 0.25) is 0 Å². The Balaban J connectivity index is 1.56. The molecule has 1 heterocycles. The van der Waals surface area contributed by atoms with Gasteiger partial charge in [0.1, 0.15) is 11.9 Å². The minimum atomic E-state index is -0.350. The maximum absolute atomic E-state index is 10.3. The van der Waals surface area contributed by atoms with Gasteiger partial charge in [-0.05, 0) is 42.2 Å². The first-order valence-corrected chi connectivity index (χ1v) is 9.70. The topological polar surface area (TPSA) is 41.5 Å². The van der Waals surface area contributed by atoms with Crippen LogP contribution in [0.3, 0.4) is 0 Å². The number of hydrogen-bond donors (Lipinski definition) is 2. The largest absolute Gasteiger partial charge is 0.489 e. The molecule has 3 nitrogen and oxygen atoms in total. The summed E-state index contributed by atoms with van der Waals surface area (Å²) in [5.74, 6) is 1.28. The van der Waals surface area contributed by atoms with E-state index in [0.717, 1.165) is 31.7 Å².